The monoisotopic (exact) mass is 290 g/mol. The summed E-state index contributed by atoms with van der Waals surface area (Å²) in [6.07, 6.45) is 0. The van der Waals surface area contributed by atoms with Crippen molar-refractivity contribution in [3.05, 3.63) is 41.3 Å². The topological polar surface area (TPSA) is 73.6 Å². The van der Waals surface area contributed by atoms with E-state index in [2.05, 4.69) is 10.5 Å². The Morgan fingerprint density at radius 1 is 1.29 bits per heavy atom. The summed E-state index contributed by atoms with van der Waals surface area (Å²) in [7, 11) is 3.17. The van der Waals surface area contributed by atoms with Crippen LogP contribution in [0, 0.1) is 6.92 Å². The molecule has 112 valence electrons. The van der Waals surface area contributed by atoms with E-state index in [0.717, 1.165) is 5.56 Å². The van der Waals surface area contributed by atoms with E-state index >= 15 is 0 Å². The van der Waals surface area contributed by atoms with Crippen LogP contribution in [0.2, 0.25) is 0 Å². The number of nitrogens with one attached hydrogen (secondary N) is 1. The Hall–Kier alpha value is -2.50. The molecule has 1 heterocycles. The minimum absolute atomic E-state index is 0.182. The number of benzene rings is 1. The second-order valence-corrected chi connectivity index (χ2v) is 4.64. The molecular weight excluding hydrogens is 272 g/mol. The molecule has 1 amide bonds. The van der Waals surface area contributed by atoms with Gasteiger partial charge in [0, 0.05) is 11.6 Å². The first-order chi connectivity index (χ1) is 10.0. The van der Waals surface area contributed by atoms with E-state index in [4.69, 9.17) is 14.0 Å². The third-order valence-electron chi connectivity index (χ3n) is 3.10. The molecule has 1 unspecified atom stereocenters. The third-order valence-corrected chi connectivity index (χ3v) is 3.10. The molecule has 6 heteroatoms. The van der Waals surface area contributed by atoms with Crippen LogP contribution in [0.4, 0.5) is 0 Å². The number of hydrogen-bond acceptors (Lipinski definition) is 5. The number of rotatable bonds is 5. The Kier molecular flexibility index (Phi) is 4.47. The number of aryl methyl sites for hydroxylation is 1. The summed E-state index contributed by atoms with van der Waals surface area (Å²) in [5.41, 5.74) is 1.48. The first kappa shape index (κ1) is 14.9. The zero-order valence-corrected chi connectivity index (χ0v) is 12.5. The summed E-state index contributed by atoms with van der Waals surface area (Å²) in [5.74, 6) is 1.23. The van der Waals surface area contributed by atoms with Crippen LogP contribution in [0.25, 0.3) is 0 Å². The van der Waals surface area contributed by atoms with Crippen LogP contribution >= 0.6 is 0 Å². The summed E-state index contributed by atoms with van der Waals surface area (Å²) in [6.45, 7) is 3.62. The van der Waals surface area contributed by atoms with Crippen molar-refractivity contribution in [3.63, 3.8) is 0 Å². The minimum atomic E-state index is -0.326. The molecule has 0 saturated carbocycles. The van der Waals surface area contributed by atoms with Crippen molar-refractivity contribution in [2.75, 3.05) is 14.2 Å². The maximum Gasteiger partial charge on any atom is 0.290 e. The summed E-state index contributed by atoms with van der Waals surface area (Å²) >= 11 is 0. The third kappa shape index (κ3) is 3.34. The Bertz CT molecular complexity index is 636. The molecule has 6 nitrogen and oxygen atoms in total. The number of ether oxygens (including phenoxy) is 2. The van der Waals surface area contributed by atoms with Crippen LogP contribution in [0.3, 0.4) is 0 Å². The highest BCUT2D eigenvalue weighted by molar-refractivity contribution is 5.91. The number of nitrogens with zero attached hydrogens (tertiary/aromatic N) is 1. The van der Waals surface area contributed by atoms with Crippen molar-refractivity contribution in [2.24, 2.45) is 0 Å². The highest BCUT2D eigenvalue weighted by Crippen LogP contribution is 2.29. The van der Waals surface area contributed by atoms with Crippen LogP contribution in [-0.2, 0) is 0 Å². The van der Waals surface area contributed by atoms with Crippen LogP contribution < -0.4 is 14.8 Å². The second kappa shape index (κ2) is 6.30. The molecule has 0 aliphatic rings. The molecule has 0 aliphatic heterocycles. The second-order valence-electron chi connectivity index (χ2n) is 4.64. The van der Waals surface area contributed by atoms with Gasteiger partial charge in [-0.15, -0.1) is 0 Å². The van der Waals surface area contributed by atoms with Crippen molar-refractivity contribution < 1.29 is 18.8 Å². The van der Waals surface area contributed by atoms with Crippen LogP contribution in [-0.4, -0.2) is 25.3 Å². The number of aromatic nitrogens is 1. The van der Waals surface area contributed by atoms with Crippen LogP contribution in [0.5, 0.6) is 11.5 Å². The average Bonchev–Trinajstić information content (AvgIpc) is 2.93. The Morgan fingerprint density at radius 3 is 2.62 bits per heavy atom. The molecule has 0 fully saturated rings. The fourth-order valence-corrected chi connectivity index (χ4v) is 1.99. The van der Waals surface area contributed by atoms with E-state index in [1.165, 1.54) is 0 Å². The Labute approximate surface area is 123 Å². The summed E-state index contributed by atoms with van der Waals surface area (Å²) < 4.78 is 15.5. The van der Waals surface area contributed by atoms with E-state index in [0.29, 0.717) is 17.2 Å². The molecule has 0 radical (unpaired) electrons. The van der Waals surface area contributed by atoms with Crippen molar-refractivity contribution >= 4 is 5.91 Å². The minimum Gasteiger partial charge on any atom is -0.497 e. The average molecular weight is 290 g/mol. The molecule has 0 saturated heterocycles. The SMILES string of the molecule is COc1ccc(OC)c(C(C)NC(=O)c2cc(C)no2)c1. The lowest BCUT2D eigenvalue weighted by molar-refractivity contribution is 0.0902. The predicted octanol–water partition coefficient (Wildman–Crippen LogP) is 2.49. The highest BCUT2D eigenvalue weighted by atomic mass is 16.5. The molecular formula is C15H18N2O4. The summed E-state index contributed by atoms with van der Waals surface area (Å²) in [4.78, 5) is 12.1. The fourth-order valence-electron chi connectivity index (χ4n) is 1.99. The normalized spacial score (nSPS) is 11.8. The van der Waals surface area contributed by atoms with Crippen molar-refractivity contribution in [1.82, 2.24) is 10.5 Å². The molecule has 0 aliphatic carbocycles. The van der Waals surface area contributed by atoms with Gasteiger partial charge in [-0.05, 0) is 32.0 Å². The van der Waals surface area contributed by atoms with Crippen molar-refractivity contribution in [2.45, 2.75) is 19.9 Å². The molecule has 0 spiro atoms. The van der Waals surface area contributed by atoms with Gasteiger partial charge in [0.2, 0.25) is 5.76 Å². The van der Waals surface area contributed by atoms with Crippen LogP contribution in [0.1, 0.15) is 34.8 Å². The van der Waals surface area contributed by atoms with Gasteiger partial charge in [-0.1, -0.05) is 5.16 Å². The van der Waals surface area contributed by atoms with Gasteiger partial charge in [-0.25, -0.2) is 0 Å². The van der Waals surface area contributed by atoms with Gasteiger partial charge < -0.3 is 19.3 Å². The van der Waals surface area contributed by atoms with Gasteiger partial charge in [0.15, 0.2) is 0 Å². The number of carbonyl (C=O) groups excluding carboxylic acids is 1. The van der Waals surface area contributed by atoms with Gasteiger partial charge in [0.1, 0.15) is 11.5 Å². The lowest BCUT2D eigenvalue weighted by atomic mass is 10.1. The quantitative estimate of drug-likeness (QED) is 0.915. The van der Waals surface area contributed by atoms with Crippen molar-refractivity contribution in [3.8, 4) is 11.5 Å². The van der Waals surface area contributed by atoms with Gasteiger partial charge in [0.05, 0.1) is 26.0 Å². The number of carbonyl (C=O) groups is 1. The number of hydrogen-bond donors (Lipinski definition) is 1. The van der Waals surface area contributed by atoms with Gasteiger partial charge in [-0.3, -0.25) is 4.79 Å². The molecule has 1 N–H and O–H groups in total. The lowest BCUT2D eigenvalue weighted by Crippen LogP contribution is -2.26. The van der Waals surface area contributed by atoms with Gasteiger partial charge in [-0.2, -0.15) is 0 Å². The lowest BCUT2D eigenvalue weighted by Gasteiger charge is -2.17. The van der Waals surface area contributed by atoms with E-state index in [1.807, 2.05) is 13.0 Å². The number of methoxy groups -OCH3 is 2. The standard InChI is InChI=1S/C15H18N2O4/c1-9-7-14(21-17-9)15(18)16-10(2)12-8-11(19-3)5-6-13(12)20-4/h5-8,10H,1-4H3,(H,16,18). The van der Waals surface area contributed by atoms with Gasteiger partial charge in [0.25, 0.3) is 5.91 Å². The smallest absolute Gasteiger partial charge is 0.290 e. The van der Waals surface area contributed by atoms with E-state index in [9.17, 15) is 4.79 Å². The molecule has 0 bridgehead atoms. The Morgan fingerprint density at radius 2 is 2.05 bits per heavy atom. The Balaban J connectivity index is 2.19. The van der Waals surface area contributed by atoms with E-state index < -0.39 is 0 Å². The van der Waals surface area contributed by atoms with Crippen molar-refractivity contribution in [1.29, 1.82) is 0 Å². The van der Waals surface area contributed by atoms with Crippen LogP contribution in [0.15, 0.2) is 28.8 Å². The molecule has 1 aromatic heterocycles. The molecule has 2 aromatic rings. The van der Waals surface area contributed by atoms with E-state index in [1.54, 1.807) is 39.3 Å². The summed E-state index contributed by atoms with van der Waals surface area (Å²) in [6, 6.07) is 6.75. The zero-order chi connectivity index (χ0) is 15.4. The van der Waals surface area contributed by atoms with Gasteiger partial charge >= 0.3 is 0 Å². The largest absolute Gasteiger partial charge is 0.497 e. The first-order valence-corrected chi connectivity index (χ1v) is 6.51. The highest BCUT2D eigenvalue weighted by Gasteiger charge is 2.18. The maximum absolute atomic E-state index is 12.1. The summed E-state index contributed by atoms with van der Waals surface area (Å²) in [5, 5.41) is 6.54. The molecule has 1 atom stereocenters. The molecule has 21 heavy (non-hydrogen) atoms. The number of amides is 1. The first-order valence-electron chi connectivity index (χ1n) is 6.51. The van der Waals surface area contributed by atoms with E-state index in [-0.39, 0.29) is 17.7 Å². The fraction of sp³-hybridized carbons (Fsp3) is 0.333. The molecule has 1 aromatic carbocycles. The predicted molar refractivity (Wildman–Crippen MR) is 76.7 cm³/mol. The zero-order valence-electron chi connectivity index (χ0n) is 12.5. The molecule has 2 rings (SSSR count). The maximum atomic E-state index is 12.1.